The summed E-state index contributed by atoms with van der Waals surface area (Å²) in [6.07, 6.45) is 0.798. The third-order valence-electron chi connectivity index (χ3n) is 2.41. The van der Waals surface area contributed by atoms with Crippen LogP contribution in [0.25, 0.3) is 0 Å². The van der Waals surface area contributed by atoms with Crippen molar-refractivity contribution in [3.05, 3.63) is 33.9 Å². The summed E-state index contributed by atoms with van der Waals surface area (Å²) in [5, 5.41) is 19.8. The zero-order valence-corrected chi connectivity index (χ0v) is 10.6. The first-order chi connectivity index (χ1) is 8.54. The predicted molar refractivity (Wildman–Crippen MR) is 67.7 cm³/mol. The van der Waals surface area contributed by atoms with Gasteiger partial charge in [0.25, 0.3) is 0 Å². The number of hydrogen-bond donors (Lipinski definition) is 1. The number of hydrogen-bond acceptors (Lipinski definition) is 5. The Bertz CT molecular complexity index is 407. The van der Waals surface area contributed by atoms with E-state index < -0.39 is 4.92 Å². The molecule has 0 radical (unpaired) electrons. The Hall–Kier alpha value is -1.66. The first-order valence-electron chi connectivity index (χ1n) is 5.70. The van der Waals surface area contributed by atoms with Crippen LogP contribution >= 0.6 is 0 Å². The molecule has 0 aromatic heterocycles. The van der Waals surface area contributed by atoms with E-state index in [0.717, 1.165) is 13.0 Å². The zero-order valence-electron chi connectivity index (χ0n) is 10.6. The van der Waals surface area contributed by atoms with E-state index in [1.807, 2.05) is 19.0 Å². The Morgan fingerprint density at radius 1 is 1.44 bits per heavy atom. The minimum absolute atomic E-state index is 0.105. The average Bonchev–Trinajstić information content (AvgIpc) is 2.34. The number of nitrogens with zero attached hydrogens (tertiary/aromatic N) is 2. The summed E-state index contributed by atoms with van der Waals surface area (Å²) in [5.41, 5.74) is 0.397. The maximum Gasteiger partial charge on any atom is 0.311 e. The normalized spacial score (nSPS) is 10.7. The maximum atomic E-state index is 10.9. The molecule has 18 heavy (non-hydrogen) atoms. The van der Waals surface area contributed by atoms with Gasteiger partial charge >= 0.3 is 5.69 Å². The van der Waals surface area contributed by atoms with Crippen molar-refractivity contribution < 1.29 is 14.8 Å². The third kappa shape index (κ3) is 4.31. The lowest BCUT2D eigenvalue weighted by atomic mass is 10.2. The lowest BCUT2D eigenvalue weighted by molar-refractivity contribution is -0.386. The molecule has 0 fully saturated rings. The summed E-state index contributed by atoms with van der Waals surface area (Å²) in [6, 6.07) is 4.48. The molecule has 0 saturated carbocycles. The smallest absolute Gasteiger partial charge is 0.311 e. The van der Waals surface area contributed by atoms with Crippen LogP contribution in [0.2, 0.25) is 0 Å². The van der Waals surface area contributed by atoms with Gasteiger partial charge in [0.2, 0.25) is 0 Å². The van der Waals surface area contributed by atoms with E-state index >= 15 is 0 Å². The van der Waals surface area contributed by atoms with Gasteiger partial charge in [-0.3, -0.25) is 10.1 Å². The molecule has 100 valence electrons. The average molecular weight is 254 g/mol. The van der Waals surface area contributed by atoms with Gasteiger partial charge in [-0.05, 0) is 32.1 Å². The Morgan fingerprint density at radius 3 is 2.72 bits per heavy atom. The van der Waals surface area contributed by atoms with Crippen LogP contribution in [0.15, 0.2) is 18.2 Å². The Labute approximate surface area is 106 Å². The molecule has 0 saturated heterocycles. The molecular weight excluding hydrogens is 236 g/mol. The molecule has 0 aliphatic carbocycles. The topological polar surface area (TPSA) is 75.8 Å². The summed E-state index contributed by atoms with van der Waals surface area (Å²) in [6.45, 7) is 1.07. The van der Waals surface area contributed by atoms with Gasteiger partial charge in [0, 0.05) is 12.6 Å². The summed E-state index contributed by atoms with van der Waals surface area (Å²) in [7, 11) is 3.91. The summed E-state index contributed by atoms with van der Waals surface area (Å²) >= 11 is 0. The van der Waals surface area contributed by atoms with E-state index in [2.05, 4.69) is 0 Å². The summed E-state index contributed by atoms with van der Waals surface area (Å²) in [5.74, 6) is 0.246. The first-order valence-corrected chi connectivity index (χ1v) is 5.70. The number of nitro groups is 1. The molecule has 1 aromatic carbocycles. The highest BCUT2D eigenvalue weighted by Gasteiger charge is 2.15. The Morgan fingerprint density at radius 2 is 2.17 bits per heavy atom. The molecule has 0 unspecified atom stereocenters. The van der Waals surface area contributed by atoms with Gasteiger partial charge in [0.1, 0.15) is 0 Å². The van der Waals surface area contributed by atoms with Crippen LogP contribution in [0, 0.1) is 10.1 Å². The molecule has 0 aliphatic rings. The van der Waals surface area contributed by atoms with Crippen LogP contribution in [0.1, 0.15) is 12.0 Å². The van der Waals surface area contributed by atoms with Gasteiger partial charge < -0.3 is 14.7 Å². The number of aliphatic hydroxyl groups is 1. The molecule has 1 rings (SSSR count). The minimum atomic E-state index is -0.500. The lowest BCUT2D eigenvalue weighted by Gasteiger charge is -2.10. The van der Waals surface area contributed by atoms with Crippen LogP contribution in [0.4, 0.5) is 5.69 Å². The zero-order chi connectivity index (χ0) is 13.5. The number of aliphatic hydroxyl groups excluding tert-OH is 1. The minimum Gasteiger partial charge on any atom is -0.487 e. The van der Waals surface area contributed by atoms with Crippen LogP contribution < -0.4 is 4.74 Å². The fraction of sp³-hybridized carbons (Fsp3) is 0.500. The van der Waals surface area contributed by atoms with E-state index in [0.29, 0.717) is 12.2 Å². The SMILES string of the molecule is CN(C)CCCOc1ccc(CO)cc1[N+](=O)[O-]. The monoisotopic (exact) mass is 254 g/mol. The molecule has 0 bridgehead atoms. The molecule has 1 N–H and O–H groups in total. The third-order valence-corrected chi connectivity index (χ3v) is 2.41. The molecule has 0 heterocycles. The number of nitro benzene ring substituents is 1. The highest BCUT2D eigenvalue weighted by Crippen LogP contribution is 2.28. The van der Waals surface area contributed by atoms with E-state index in [-0.39, 0.29) is 18.0 Å². The van der Waals surface area contributed by atoms with Crippen molar-refractivity contribution >= 4 is 5.69 Å². The van der Waals surface area contributed by atoms with E-state index in [1.165, 1.54) is 12.1 Å². The molecule has 6 nitrogen and oxygen atoms in total. The van der Waals surface area contributed by atoms with Crippen LogP contribution in [0.5, 0.6) is 5.75 Å². The van der Waals surface area contributed by atoms with Gasteiger partial charge in [-0.25, -0.2) is 0 Å². The van der Waals surface area contributed by atoms with Crippen molar-refractivity contribution in [1.82, 2.24) is 4.90 Å². The predicted octanol–water partition coefficient (Wildman–Crippen LogP) is 1.42. The molecule has 0 amide bonds. The van der Waals surface area contributed by atoms with Crippen molar-refractivity contribution in [2.24, 2.45) is 0 Å². The van der Waals surface area contributed by atoms with Crippen LogP contribution in [-0.4, -0.2) is 42.2 Å². The van der Waals surface area contributed by atoms with Crippen molar-refractivity contribution in [2.45, 2.75) is 13.0 Å². The summed E-state index contributed by atoms with van der Waals surface area (Å²) in [4.78, 5) is 12.4. The van der Waals surface area contributed by atoms with Gasteiger partial charge in [-0.15, -0.1) is 0 Å². The molecule has 0 atom stereocenters. The fourth-order valence-corrected chi connectivity index (χ4v) is 1.49. The Balaban J connectivity index is 2.67. The van der Waals surface area contributed by atoms with E-state index in [4.69, 9.17) is 9.84 Å². The second-order valence-corrected chi connectivity index (χ2v) is 4.22. The molecule has 0 aliphatic heterocycles. The van der Waals surface area contributed by atoms with Crippen molar-refractivity contribution in [3.8, 4) is 5.75 Å². The molecular formula is C12H18N2O4. The first kappa shape index (κ1) is 14.4. The van der Waals surface area contributed by atoms with Gasteiger partial charge in [-0.2, -0.15) is 0 Å². The lowest BCUT2D eigenvalue weighted by Crippen LogP contribution is -2.15. The van der Waals surface area contributed by atoms with E-state index in [1.54, 1.807) is 6.07 Å². The van der Waals surface area contributed by atoms with Gasteiger partial charge in [-0.1, -0.05) is 6.07 Å². The second kappa shape index (κ2) is 6.93. The van der Waals surface area contributed by atoms with Crippen molar-refractivity contribution in [1.29, 1.82) is 0 Å². The van der Waals surface area contributed by atoms with Gasteiger partial charge in [0.05, 0.1) is 18.1 Å². The quantitative estimate of drug-likeness (QED) is 0.452. The second-order valence-electron chi connectivity index (χ2n) is 4.22. The van der Waals surface area contributed by atoms with Gasteiger partial charge in [0.15, 0.2) is 5.75 Å². The fourth-order valence-electron chi connectivity index (χ4n) is 1.49. The largest absolute Gasteiger partial charge is 0.487 e. The van der Waals surface area contributed by atoms with Crippen molar-refractivity contribution in [2.75, 3.05) is 27.2 Å². The molecule has 0 spiro atoms. The standard InChI is InChI=1S/C12H18N2O4/c1-13(2)6-3-7-18-12-5-4-10(9-15)8-11(12)14(16)17/h4-5,8,15H,3,6-7,9H2,1-2H3. The van der Waals surface area contributed by atoms with Crippen LogP contribution in [0.3, 0.4) is 0 Å². The number of benzene rings is 1. The molecule has 1 aromatic rings. The van der Waals surface area contributed by atoms with Crippen LogP contribution in [-0.2, 0) is 6.61 Å². The highest BCUT2D eigenvalue weighted by molar-refractivity contribution is 5.48. The maximum absolute atomic E-state index is 10.9. The summed E-state index contributed by atoms with van der Waals surface area (Å²) < 4.78 is 5.40. The van der Waals surface area contributed by atoms with Crippen molar-refractivity contribution in [3.63, 3.8) is 0 Å². The van der Waals surface area contributed by atoms with E-state index in [9.17, 15) is 10.1 Å². The molecule has 6 heteroatoms. The highest BCUT2D eigenvalue weighted by atomic mass is 16.6. The number of rotatable bonds is 7. The number of ether oxygens (including phenoxy) is 1. The Kier molecular flexibility index (Phi) is 5.54.